The minimum atomic E-state index is 0.302. The van der Waals surface area contributed by atoms with E-state index in [0.29, 0.717) is 11.6 Å². The molecule has 0 radical (unpaired) electrons. The standard InChI is InChI=1S/C10H8N4O/c11-9-5-7(13-15-9)8-6-12-10-3-1-2-4-14(8)10/h1-6H,11H2. The third kappa shape index (κ3) is 1.17. The molecular weight excluding hydrogens is 192 g/mol. The van der Waals surface area contributed by atoms with Gasteiger partial charge in [0, 0.05) is 12.3 Å². The molecule has 0 unspecified atom stereocenters. The average molecular weight is 200 g/mol. The second kappa shape index (κ2) is 2.84. The fraction of sp³-hybridized carbons (Fsp3) is 0. The van der Waals surface area contributed by atoms with Gasteiger partial charge in [0.15, 0.2) is 0 Å². The number of aromatic nitrogens is 3. The molecular formula is C10H8N4O. The van der Waals surface area contributed by atoms with Crippen LogP contribution in [0.1, 0.15) is 0 Å². The molecule has 3 aromatic heterocycles. The molecule has 0 bridgehead atoms. The summed E-state index contributed by atoms with van der Waals surface area (Å²) in [4.78, 5) is 4.24. The van der Waals surface area contributed by atoms with Crippen LogP contribution in [0, 0.1) is 0 Å². The van der Waals surface area contributed by atoms with Crippen molar-refractivity contribution in [1.29, 1.82) is 0 Å². The van der Waals surface area contributed by atoms with E-state index in [2.05, 4.69) is 10.1 Å². The van der Waals surface area contributed by atoms with Crippen LogP contribution in [-0.4, -0.2) is 14.5 Å². The molecule has 0 aliphatic carbocycles. The van der Waals surface area contributed by atoms with E-state index in [1.54, 1.807) is 12.3 Å². The maximum Gasteiger partial charge on any atom is 0.222 e. The zero-order chi connectivity index (χ0) is 10.3. The van der Waals surface area contributed by atoms with E-state index in [-0.39, 0.29) is 0 Å². The topological polar surface area (TPSA) is 69.3 Å². The van der Waals surface area contributed by atoms with Crippen molar-refractivity contribution < 1.29 is 4.52 Å². The zero-order valence-electron chi connectivity index (χ0n) is 7.79. The Bertz CT molecular complexity index is 610. The Labute approximate surface area is 85.1 Å². The van der Waals surface area contributed by atoms with Gasteiger partial charge in [0.05, 0.1) is 11.9 Å². The molecule has 15 heavy (non-hydrogen) atoms. The van der Waals surface area contributed by atoms with Crippen LogP contribution in [0.25, 0.3) is 17.0 Å². The van der Waals surface area contributed by atoms with E-state index in [1.165, 1.54) is 0 Å². The van der Waals surface area contributed by atoms with Crippen LogP contribution >= 0.6 is 0 Å². The van der Waals surface area contributed by atoms with E-state index in [0.717, 1.165) is 11.3 Å². The number of hydrogen-bond donors (Lipinski definition) is 1. The molecule has 0 fully saturated rings. The number of nitrogens with two attached hydrogens (primary N) is 1. The van der Waals surface area contributed by atoms with Crippen molar-refractivity contribution >= 4 is 11.5 Å². The summed E-state index contributed by atoms with van der Waals surface area (Å²) < 4.78 is 6.75. The molecule has 0 aromatic carbocycles. The number of nitrogen functional groups attached to an aromatic ring is 1. The number of nitrogens with zero attached hydrogens (tertiary/aromatic N) is 3. The summed E-state index contributed by atoms with van der Waals surface area (Å²) in [6, 6.07) is 7.47. The van der Waals surface area contributed by atoms with E-state index in [9.17, 15) is 0 Å². The lowest BCUT2D eigenvalue weighted by Gasteiger charge is -1.95. The third-order valence-corrected chi connectivity index (χ3v) is 2.21. The first-order chi connectivity index (χ1) is 7.34. The lowest BCUT2D eigenvalue weighted by Crippen LogP contribution is -1.86. The maximum absolute atomic E-state index is 5.47. The smallest absolute Gasteiger partial charge is 0.222 e. The summed E-state index contributed by atoms with van der Waals surface area (Å²) in [7, 11) is 0. The van der Waals surface area contributed by atoms with Crippen LogP contribution in [0.3, 0.4) is 0 Å². The Hall–Kier alpha value is -2.30. The highest BCUT2D eigenvalue weighted by Crippen LogP contribution is 2.20. The first-order valence-corrected chi connectivity index (χ1v) is 4.49. The van der Waals surface area contributed by atoms with E-state index < -0.39 is 0 Å². The number of imidazole rings is 1. The predicted octanol–water partition coefficient (Wildman–Crippen LogP) is 1.57. The minimum absolute atomic E-state index is 0.302. The first-order valence-electron chi connectivity index (χ1n) is 4.49. The van der Waals surface area contributed by atoms with Gasteiger partial charge in [-0.3, -0.25) is 4.40 Å². The molecule has 3 heterocycles. The Morgan fingerprint density at radius 2 is 2.27 bits per heavy atom. The molecule has 5 nitrogen and oxygen atoms in total. The van der Waals surface area contributed by atoms with Crippen molar-refractivity contribution in [3.05, 3.63) is 36.7 Å². The summed E-state index contributed by atoms with van der Waals surface area (Å²) in [5.74, 6) is 0.302. The van der Waals surface area contributed by atoms with Gasteiger partial charge in [-0.05, 0) is 12.1 Å². The molecule has 74 valence electrons. The lowest BCUT2D eigenvalue weighted by atomic mass is 10.3. The highest BCUT2D eigenvalue weighted by Gasteiger charge is 2.09. The van der Waals surface area contributed by atoms with Crippen LogP contribution < -0.4 is 5.73 Å². The van der Waals surface area contributed by atoms with Gasteiger partial charge in [0.2, 0.25) is 5.88 Å². The summed E-state index contributed by atoms with van der Waals surface area (Å²) in [6.07, 6.45) is 3.66. The molecule has 0 aliphatic rings. The van der Waals surface area contributed by atoms with Crippen LogP contribution in [-0.2, 0) is 0 Å². The molecule has 3 rings (SSSR count). The van der Waals surface area contributed by atoms with Crippen molar-refractivity contribution in [3.8, 4) is 11.4 Å². The van der Waals surface area contributed by atoms with Gasteiger partial charge in [-0.1, -0.05) is 11.2 Å². The monoisotopic (exact) mass is 200 g/mol. The van der Waals surface area contributed by atoms with E-state index in [4.69, 9.17) is 10.3 Å². The SMILES string of the molecule is Nc1cc(-c2cnc3ccccn23)no1. The normalized spacial score (nSPS) is 10.9. The molecule has 0 atom stereocenters. The molecule has 3 aromatic rings. The second-order valence-corrected chi connectivity index (χ2v) is 3.19. The van der Waals surface area contributed by atoms with Crippen molar-refractivity contribution in [1.82, 2.24) is 14.5 Å². The molecule has 5 heteroatoms. The summed E-state index contributed by atoms with van der Waals surface area (Å²) in [6.45, 7) is 0. The van der Waals surface area contributed by atoms with Gasteiger partial charge >= 0.3 is 0 Å². The van der Waals surface area contributed by atoms with Gasteiger partial charge in [-0.2, -0.15) is 0 Å². The summed E-state index contributed by atoms with van der Waals surface area (Å²) >= 11 is 0. The van der Waals surface area contributed by atoms with E-state index in [1.807, 2.05) is 28.8 Å². The Balaban J connectivity index is 2.27. The number of pyridine rings is 1. The number of hydrogen-bond acceptors (Lipinski definition) is 4. The van der Waals surface area contributed by atoms with Crippen LogP contribution in [0.5, 0.6) is 0 Å². The predicted molar refractivity (Wildman–Crippen MR) is 55.1 cm³/mol. The average Bonchev–Trinajstić information content (AvgIpc) is 2.83. The zero-order valence-corrected chi connectivity index (χ0v) is 7.79. The van der Waals surface area contributed by atoms with Crippen molar-refractivity contribution in [3.63, 3.8) is 0 Å². The van der Waals surface area contributed by atoms with Crippen molar-refractivity contribution in [2.45, 2.75) is 0 Å². The van der Waals surface area contributed by atoms with Crippen molar-refractivity contribution in [2.75, 3.05) is 5.73 Å². The lowest BCUT2D eigenvalue weighted by molar-refractivity contribution is 0.439. The molecule has 0 amide bonds. The Morgan fingerprint density at radius 1 is 1.33 bits per heavy atom. The van der Waals surface area contributed by atoms with Crippen LogP contribution in [0.4, 0.5) is 5.88 Å². The van der Waals surface area contributed by atoms with Crippen LogP contribution in [0.15, 0.2) is 41.2 Å². The fourth-order valence-electron chi connectivity index (χ4n) is 1.53. The highest BCUT2D eigenvalue weighted by atomic mass is 16.5. The summed E-state index contributed by atoms with van der Waals surface area (Å²) in [5.41, 5.74) is 7.89. The van der Waals surface area contributed by atoms with Gasteiger partial charge in [0.1, 0.15) is 11.3 Å². The third-order valence-electron chi connectivity index (χ3n) is 2.21. The van der Waals surface area contributed by atoms with Gasteiger partial charge < -0.3 is 10.3 Å². The number of anilines is 1. The fourth-order valence-corrected chi connectivity index (χ4v) is 1.53. The van der Waals surface area contributed by atoms with Gasteiger partial charge in [0.25, 0.3) is 0 Å². The molecule has 0 spiro atoms. The molecule has 0 saturated carbocycles. The Kier molecular flexibility index (Phi) is 1.53. The Morgan fingerprint density at radius 3 is 3.07 bits per heavy atom. The summed E-state index contributed by atoms with van der Waals surface area (Å²) in [5, 5.41) is 3.85. The van der Waals surface area contributed by atoms with Gasteiger partial charge in [-0.15, -0.1) is 0 Å². The quantitative estimate of drug-likeness (QED) is 0.647. The second-order valence-electron chi connectivity index (χ2n) is 3.19. The highest BCUT2D eigenvalue weighted by molar-refractivity contribution is 5.61. The first kappa shape index (κ1) is 8.05. The largest absolute Gasteiger partial charge is 0.368 e. The van der Waals surface area contributed by atoms with Gasteiger partial charge in [-0.25, -0.2) is 4.98 Å². The van der Waals surface area contributed by atoms with E-state index >= 15 is 0 Å². The molecule has 0 aliphatic heterocycles. The molecule has 2 N–H and O–H groups in total. The number of rotatable bonds is 1. The maximum atomic E-state index is 5.47. The van der Waals surface area contributed by atoms with Crippen molar-refractivity contribution in [2.24, 2.45) is 0 Å². The van der Waals surface area contributed by atoms with Crippen LogP contribution in [0.2, 0.25) is 0 Å². The molecule has 0 saturated heterocycles. The number of fused-ring (bicyclic) bond motifs is 1. The minimum Gasteiger partial charge on any atom is -0.368 e.